The minimum absolute atomic E-state index is 0.0104. The molecule has 150 valence electrons. The standard InChI is InChI=1S/C18H23F4N3O2/c19-15-4-3-13(18(20,21)22)9-16(15)23-17(27)25-7-6-24(10-12-1-2-12)14(11-25)5-8-26/h3-4,9,12,14,26H,1-2,5-8,10-11H2,(H,23,27)/t14-/m0/s1. The van der Waals surface area contributed by atoms with Crippen LogP contribution in [0.25, 0.3) is 0 Å². The molecule has 1 aliphatic heterocycles. The second-order valence-electron chi connectivity index (χ2n) is 7.17. The van der Waals surface area contributed by atoms with Crippen LogP contribution in [0.2, 0.25) is 0 Å². The van der Waals surface area contributed by atoms with Gasteiger partial charge in [0, 0.05) is 38.8 Å². The molecule has 2 N–H and O–H groups in total. The van der Waals surface area contributed by atoms with Gasteiger partial charge in [0.2, 0.25) is 0 Å². The van der Waals surface area contributed by atoms with E-state index in [2.05, 4.69) is 10.2 Å². The number of aliphatic hydroxyl groups is 1. The Morgan fingerprint density at radius 2 is 2.00 bits per heavy atom. The number of aliphatic hydroxyl groups excluding tert-OH is 1. The number of amides is 2. The van der Waals surface area contributed by atoms with Gasteiger partial charge >= 0.3 is 12.2 Å². The van der Waals surface area contributed by atoms with Crippen LogP contribution in [0.3, 0.4) is 0 Å². The van der Waals surface area contributed by atoms with Gasteiger partial charge in [-0.2, -0.15) is 13.2 Å². The minimum Gasteiger partial charge on any atom is -0.396 e. The zero-order valence-electron chi connectivity index (χ0n) is 14.8. The second kappa shape index (κ2) is 8.02. The first-order valence-electron chi connectivity index (χ1n) is 9.05. The van der Waals surface area contributed by atoms with Gasteiger partial charge in [-0.1, -0.05) is 0 Å². The van der Waals surface area contributed by atoms with Crippen molar-refractivity contribution < 1.29 is 27.5 Å². The fourth-order valence-corrected chi connectivity index (χ4v) is 3.36. The molecule has 1 atom stereocenters. The van der Waals surface area contributed by atoms with E-state index in [1.165, 1.54) is 17.7 Å². The smallest absolute Gasteiger partial charge is 0.396 e. The average molecular weight is 389 g/mol. The maximum Gasteiger partial charge on any atom is 0.416 e. The summed E-state index contributed by atoms with van der Waals surface area (Å²) in [6, 6.07) is 1.28. The molecule has 1 aliphatic carbocycles. The van der Waals surface area contributed by atoms with Crippen molar-refractivity contribution in [3.63, 3.8) is 0 Å². The lowest BCUT2D eigenvalue weighted by Crippen LogP contribution is -2.56. The predicted octanol–water partition coefficient (Wildman–Crippen LogP) is 3.16. The van der Waals surface area contributed by atoms with Crippen LogP contribution >= 0.6 is 0 Å². The molecule has 0 unspecified atom stereocenters. The number of hydrogen-bond acceptors (Lipinski definition) is 3. The van der Waals surface area contributed by atoms with Crippen LogP contribution in [-0.2, 0) is 6.18 Å². The Bertz CT molecular complexity index is 679. The third-order valence-electron chi connectivity index (χ3n) is 5.08. The highest BCUT2D eigenvalue weighted by Crippen LogP contribution is 2.33. The van der Waals surface area contributed by atoms with Gasteiger partial charge < -0.3 is 15.3 Å². The van der Waals surface area contributed by atoms with Crippen LogP contribution in [0, 0.1) is 11.7 Å². The molecule has 3 rings (SSSR count). The highest BCUT2D eigenvalue weighted by molar-refractivity contribution is 5.89. The number of benzene rings is 1. The molecular weight excluding hydrogens is 366 g/mol. The van der Waals surface area contributed by atoms with E-state index in [0.29, 0.717) is 50.2 Å². The zero-order valence-corrected chi connectivity index (χ0v) is 14.8. The van der Waals surface area contributed by atoms with Gasteiger partial charge in [0.05, 0.1) is 11.3 Å². The highest BCUT2D eigenvalue weighted by atomic mass is 19.4. The molecule has 0 aromatic heterocycles. The summed E-state index contributed by atoms with van der Waals surface area (Å²) in [7, 11) is 0. The van der Waals surface area contributed by atoms with E-state index in [1.807, 2.05) is 0 Å². The number of urea groups is 1. The summed E-state index contributed by atoms with van der Waals surface area (Å²) in [5, 5.41) is 11.5. The Balaban J connectivity index is 1.65. The van der Waals surface area contributed by atoms with Crippen molar-refractivity contribution in [1.29, 1.82) is 0 Å². The number of carbonyl (C=O) groups excluding carboxylic acids is 1. The highest BCUT2D eigenvalue weighted by Gasteiger charge is 2.34. The number of hydrogen-bond donors (Lipinski definition) is 2. The SMILES string of the molecule is O=C(Nc1cc(C(F)(F)F)ccc1F)N1CCN(CC2CC2)[C@@H](CCO)C1. The maximum atomic E-state index is 13.9. The van der Waals surface area contributed by atoms with E-state index < -0.39 is 29.3 Å². The largest absolute Gasteiger partial charge is 0.416 e. The molecule has 0 bridgehead atoms. The zero-order chi connectivity index (χ0) is 19.6. The molecule has 9 heteroatoms. The van der Waals surface area contributed by atoms with Crippen molar-refractivity contribution in [2.45, 2.75) is 31.5 Å². The van der Waals surface area contributed by atoms with Gasteiger partial charge in [-0.3, -0.25) is 4.90 Å². The van der Waals surface area contributed by atoms with Gasteiger partial charge in [0.25, 0.3) is 0 Å². The summed E-state index contributed by atoms with van der Waals surface area (Å²) in [5.41, 5.74) is -1.51. The molecule has 1 saturated carbocycles. The first kappa shape index (κ1) is 19.9. The van der Waals surface area contributed by atoms with Crippen LogP contribution in [0.4, 0.5) is 28.0 Å². The Labute approximate surface area is 154 Å². The Morgan fingerprint density at radius 1 is 1.26 bits per heavy atom. The number of halogens is 4. The van der Waals surface area contributed by atoms with Crippen molar-refractivity contribution in [1.82, 2.24) is 9.80 Å². The lowest BCUT2D eigenvalue weighted by Gasteiger charge is -2.41. The number of carbonyl (C=O) groups is 1. The quantitative estimate of drug-likeness (QED) is 0.761. The molecule has 2 aliphatic rings. The first-order chi connectivity index (χ1) is 12.8. The topological polar surface area (TPSA) is 55.8 Å². The van der Waals surface area contributed by atoms with Gasteiger partial charge in [0.1, 0.15) is 5.82 Å². The number of anilines is 1. The van der Waals surface area contributed by atoms with Crippen LogP contribution in [0.1, 0.15) is 24.8 Å². The van der Waals surface area contributed by atoms with Crippen molar-refractivity contribution in [2.75, 3.05) is 38.1 Å². The monoisotopic (exact) mass is 389 g/mol. The van der Waals surface area contributed by atoms with E-state index in [1.54, 1.807) is 0 Å². The van der Waals surface area contributed by atoms with Crippen molar-refractivity contribution in [2.24, 2.45) is 5.92 Å². The van der Waals surface area contributed by atoms with E-state index in [-0.39, 0.29) is 12.6 Å². The number of rotatable bonds is 5. The molecule has 0 spiro atoms. The number of nitrogens with one attached hydrogen (secondary N) is 1. The van der Waals surface area contributed by atoms with E-state index in [9.17, 15) is 27.5 Å². The summed E-state index contributed by atoms with van der Waals surface area (Å²) in [4.78, 5) is 16.2. The molecule has 5 nitrogen and oxygen atoms in total. The second-order valence-corrected chi connectivity index (χ2v) is 7.17. The van der Waals surface area contributed by atoms with Crippen molar-refractivity contribution >= 4 is 11.7 Å². The molecule has 1 aromatic rings. The van der Waals surface area contributed by atoms with E-state index >= 15 is 0 Å². The lowest BCUT2D eigenvalue weighted by molar-refractivity contribution is -0.137. The van der Waals surface area contributed by atoms with Crippen molar-refractivity contribution in [3.05, 3.63) is 29.6 Å². The van der Waals surface area contributed by atoms with Gasteiger partial charge in [-0.05, 0) is 43.4 Å². The predicted molar refractivity (Wildman–Crippen MR) is 91.8 cm³/mol. The number of alkyl halides is 3. The van der Waals surface area contributed by atoms with E-state index in [0.717, 1.165) is 6.54 Å². The van der Waals surface area contributed by atoms with Crippen LogP contribution in [0.5, 0.6) is 0 Å². The Morgan fingerprint density at radius 3 is 2.63 bits per heavy atom. The molecule has 27 heavy (non-hydrogen) atoms. The third-order valence-corrected chi connectivity index (χ3v) is 5.08. The molecular formula is C18H23F4N3O2. The fraction of sp³-hybridized carbons (Fsp3) is 0.611. The third kappa shape index (κ3) is 5.10. The lowest BCUT2D eigenvalue weighted by atomic mass is 10.1. The summed E-state index contributed by atoms with van der Waals surface area (Å²) in [5.74, 6) is -0.249. The summed E-state index contributed by atoms with van der Waals surface area (Å²) in [6.07, 6.45) is -1.72. The molecule has 1 aromatic carbocycles. The summed E-state index contributed by atoms with van der Waals surface area (Å²) < 4.78 is 52.3. The van der Waals surface area contributed by atoms with Gasteiger partial charge in [0.15, 0.2) is 0 Å². The van der Waals surface area contributed by atoms with Crippen LogP contribution in [-0.4, -0.2) is 59.8 Å². The average Bonchev–Trinajstić information content (AvgIpc) is 3.41. The van der Waals surface area contributed by atoms with E-state index in [4.69, 9.17) is 0 Å². The minimum atomic E-state index is -4.62. The molecule has 1 heterocycles. The Hall–Kier alpha value is -1.87. The van der Waals surface area contributed by atoms with Gasteiger partial charge in [-0.25, -0.2) is 9.18 Å². The first-order valence-corrected chi connectivity index (χ1v) is 9.05. The van der Waals surface area contributed by atoms with Crippen molar-refractivity contribution in [3.8, 4) is 0 Å². The van der Waals surface area contributed by atoms with Crippen LogP contribution in [0.15, 0.2) is 18.2 Å². The fourth-order valence-electron chi connectivity index (χ4n) is 3.36. The summed E-state index contributed by atoms with van der Waals surface area (Å²) in [6.45, 7) is 2.30. The van der Waals surface area contributed by atoms with Gasteiger partial charge in [-0.15, -0.1) is 0 Å². The Kier molecular flexibility index (Phi) is 5.90. The molecule has 2 fully saturated rings. The normalized spacial score (nSPS) is 21.4. The molecule has 1 saturated heterocycles. The maximum absolute atomic E-state index is 13.9. The summed E-state index contributed by atoms with van der Waals surface area (Å²) >= 11 is 0. The number of piperazine rings is 1. The molecule has 2 amide bonds. The number of nitrogens with zero attached hydrogens (tertiary/aromatic N) is 2. The van der Waals surface area contributed by atoms with Crippen LogP contribution < -0.4 is 5.32 Å². The molecule has 0 radical (unpaired) electrons.